The summed E-state index contributed by atoms with van der Waals surface area (Å²) < 4.78 is 0. The van der Waals surface area contributed by atoms with Gasteiger partial charge in [0.2, 0.25) is 5.91 Å². The second kappa shape index (κ2) is 6.85. The highest BCUT2D eigenvalue weighted by Crippen LogP contribution is 2.52. The van der Waals surface area contributed by atoms with Crippen molar-refractivity contribution in [1.82, 2.24) is 0 Å². The summed E-state index contributed by atoms with van der Waals surface area (Å²) >= 11 is 0. The Balaban J connectivity index is 3.53. The largest absolute Gasteiger partial charge is 0.504 e. The fourth-order valence-corrected chi connectivity index (χ4v) is 2.09. The molecular formula is C14H18N4O5. The summed E-state index contributed by atoms with van der Waals surface area (Å²) in [5.74, 6) is -5.42. The molecule has 0 aliphatic heterocycles. The number of phenols is 4. The molecule has 0 aliphatic carbocycles. The summed E-state index contributed by atoms with van der Waals surface area (Å²) in [4.78, 5) is 11.0. The molecule has 9 heteroatoms. The normalized spacial score (nSPS) is 13.0. The average Bonchev–Trinajstić information content (AvgIpc) is 2.50. The Morgan fingerprint density at radius 3 is 2.09 bits per heavy atom. The van der Waals surface area contributed by atoms with E-state index in [9.17, 15) is 25.2 Å². The third-order valence-corrected chi connectivity index (χ3v) is 3.32. The minimum Gasteiger partial charge on any atom is -0.504 e. The van der Waals surface area contributed by atoms with Gasteiger partial charge in [-0.3, -0.25) is 4.79 Å². The van der Waals surface area contributed by atoms with Crippen LogP contribution in [0.3, 0.4) is 0 Å². The molecule has 0 spiro atoms. The van der Waals surface area contributed by atoms with Gasteiger partial charge < -0.3 is 36.9 Å². The summed E-state index contributed by atoms with van der Waals surface area (Å²) in [6.07, 6.45) is 0.218. The molecule has 0 saturated carbocycles. The van der Waals surface area contributed by atoms with Crippen LogP contribution >= 0.6 is 0 Å². The number of phenolic OH excluding ortho intramolecular Hbond substituents is 4. The summed E-state index contributed by atoms with van der Waals surface area (Å²) in [5.41, 5.74) is 4.72. The predicted molar refractivity (Wildman–Crippen MR) is 81.5 cm³/mol. The van der Waals surface area contributed by atoms with Gasteiger partial charge in [0.25, 0.3) is 0 Å². The average molecular weight is 322 g/mol. The van der Waals surface area contributed by atoms with Crippen molar-refractivity contribution in [3.05, 3.63) is 5.56 Å². The highest BCUT2D eigenvalue weighted by atomic mass is 16.3. The number of nitrogens with two attached hydrogens (primary N) is 1. The molecule has 1 aromatic rings. The van der Waals surface area contributed by atoms with Crippen molar-refractivity contribution < 1.29 is 25.2 Å². The zero-order valence-electron chi connectivity index (χ0n) is 12.6. The second-order valence-corrected chi connectivity index (χ2v) is 4.88. The van der Waals surface area contributed by atoms with Crippen LogP contribution in [0.1, 0.15) is 31.9 Å². The Kier molecular flexibility index (Phi) is 5.38. The molecule has 2 unspecified atom stereocenters. The Morgan fingerprint density at radius 1 is 1.26 bits per heavy atom. The number of benzene rings is 1. The first kappa shape index (κ1) is 18.1. The van der Waals surface area contributed by atoms with Gasteiger partial charge in [0.15, 0.2) is 23.0 Å². The molecule has 0 aliphatic rings. The molecule has 1 aromatic carbocycles. The maximum atomic E-state index is 11.0. The molecule has 23 heavy (non-hydrogen) atoms. The van der Waals surface area contributed by atoms with Gasteiger partial charge in [-0.05, 0) is 6.42 Å². The van der Waals surface area contributed by atoms with E-state index in [4.69, 9.17) is 16.4 Å². The fraction of sp³-hybridized carbons (Fsp3) is 0.357. The molecule has 0 heterocycles. The first-order valence-corrected chi connectivity index (χ1v) is 6.67. The summed E-state index contributed by atoms with van der Waals surface area (Å²) in [7, 11) is 0. The van der Waals surface area contributed by atoms with Gasteiger partial charge in [-0.2, -0.15) is 5.26 Å². The number of amides is 1. The predicted octanol–water partition coefficient (Wildman–Crippen LogP) is 1.04. The molecule has 0 fully saturated rings. The van der Waals surface area contributed by atoms with Crippen molar-refractivity contribution in [3.8, 4) is 29.1 Å². The van der Waals surface area contributed by atoms with Gasteiger partial charge in [0.1, 0.15) is 11.6 Å². The number of aromatic hydroxyl groups is 4. The van der Waals surface area contributed by atoms with E-state index in [1.807, 2.05) is 0 Å². The lowest BCUT2D eigenvalue weighted by atomic mass is 9.88. The van der Waals surface area contributed by atoms with E-state index in [2.05, 4.69) is 5.32 Å². The van der Waals surface area contributed by atoms with Crippen molar-refractivity contribution in [2.45, 2.75) is 26.3 Å². The van der Waals surface area contributed by atoms with Crippen molar-refractivity contribution in [1.29, 1.82) is 10.7 Å². The van der Waals surface area contributed by atoms with Crippen molar-refractivity contribution >= 4 is 17.3 Å². The Bertz CT molecular complexity index is 666. The Hall–Kier alpha value is -2.99. The van der Waals surface area contributed by atoms with E-state index < -0.39 is 52.1 Å². The van der Waals surface area contributed by atoms with E-state index in [0.717, 1.165) is 6.92 Å². The van der Waals surface area contributed by atoms with Gasteiger partial charge in [0.05, 0.1) is 17.7 Å². The number of anilines is 1. The molecule has 0 bridgehead atoms. The second-order valence-electron chi connectivity index (χ2n) is 4.88. The maximum Gasteiger partial charge on any atom is 0.221 e. The lowest BCUT2D eigenvalue weighted by Gasteiger charge is -2.22. The lowest BCUT2D eigenvalue weighted by molar-refractivity contribution is -0.114. The van der Waals surface area contributed by atoms with Crippen molar-refractivity contribution in [2.24, 2.45) is 11.7 Å². The zero-order valence-corrected chi connectivity index (χ0v) is 12.6. The summed E-state index contributed by atoms with van der Waals surface area (Å²) in [6, 6.07) is 0.421. The molecule has 0 radical (unpaired) electrons. The maximum absolute atomic E-state index is 11.0. The monoisotopic (exact) mass is 322 g/mol. The summed E-state index contributed by atoms with van der Waals surface area (Å²) in [5, 5.41) is 58.8. The SMILES string of the molecule is CCC(=N)C(C#N)C(N)c1c(O)c(O)c(NC(C)=O)c(O)c1O. The van der Waals surface area contributed by atoms with E-state index in [-0.39, 0.29) is 12.1 Å². The first-order valence-electron chi connectivity index (χ1n) is 6.67. The molecule has 0 saturated heterocycles. The van der Waals surface area contributed by atoms with E-state index in [1.165, 1.54) is 0 Å². The van der Waals surface area contributed by atoms with Crippen LogP contribution in [0, 0.1) is 22.7 Å². The number of carbonyl (C=O) groups excluding carboxylic acids is 1. The van der Waals surface area contributed by atoms with Gasteiger partial charge in [-0.1, -0.05) is 6.92 Å². The van der Waals surface area contributed by atoms with E-state index in [1.54, 1.807) is 13.0 Å². The van der Waals surface area contributed by atoms with Gasteiger partial charge in [0, 0.05) is 12.6 Å². The minimum absolute atomic E-state index is 0.0382. The van der Waals surface area contributed by atoms with Crippen LogP contribution < -0.4 is 11.1 Å². The molecular weight excluding hydrogens is 304 g/mol. The minimum atomic E-state index is -1.37. The van der Waals surface area contributed by atoms with Crippen LogP contribution in [0.4, 0.5) is 5.69 Å². The molecule has 8 N–H and O–H groups in total. The number of nitriles is 1. The number of nitrogens with one attached hydrogen (secondary N) is 2. The quantitative estimate of drug-likeness (QED) is 0.240. The smallest absolute Gasteiger partial charge is 0.221 e. The topological polar surface area (TPSA) is 184 Å². The highest BCUT2D eigenvalue weighted by molar-refractivity contribution is 5.95. The molecule has 9 nitrogen and oxygen atoms in total. The van der Waals surface area contributed by atoms with Gasteiger partial charge in [-0.15, -0.1) is 0 Å². The van der Waals surface area contributed by atoms with Crippen molar-refractivity contribution in [3.63, 3.8) is 0 Å². The van der Waals surface area contributed by atoms with E-state index >= 15 is 0 Å². The third kappa shape index (κ3) is 3.27. The van der Waals surface area contributed by atoms with Crippen LogP contribution in [0.25, 0.3) is 0 Å². The summed E-state index contributed by atoms with van der Waals surface area (Å²) in [6.45, 7) is 2.73. The van der Waals surface area contributed by atoms with Crippen LogP contribution in [-0.2, 0) is 4.79 Å². The van der Waals surface area contributed by atoms with Crippen LogP contribution in [-0.4, -0.2) is 32.0 Å². The molecule has 0 aromatic heterocycles. The first-order chi connectivity index (χ1) is 10.7. The van der Waals surface area contributed by atoms with Crippen LogP contribution in [0.15, 0.2) is 0 Å². The van der Waals surface area contributed by atoms with Crippen molar-refractivity contribution in [2.75, 3.05) is 5.32 Å². The van der Waals surface area contributed by atoms with Gasteiger partial charge in [-0.25, -0.2) is 0 Å². The van der Waals surface area contributed by atoms with Crippen LogP contribution in [0.5, 0.6) is 23.0 Å². The Morgan fingerprint density at radius 2 is 1.74 bits per heavy atom. The van der Waals surface area contributed by atoms with Crippen LogP contribution in [0.2, 0.25) is 0 Å². The number of hydrogen-bond donors (Lipinski definition) is 7. The number of hydrogen-bond acceptors (Lipinski definition) is 8. The lowest BCUT2D eigenvalue weighted by Crippen LogP contribution is -2.26. The molecule has 2 atom stereocenters. The fourth-order valence-electron chi connectivity index (χ4n) is 2.09. The molecule has 124 valence electrons. The standard InChI is InChI=1S/C14H18N4O5/c1-3-7(16)6(4-15)9(17)8-11(20)13(22)10(18-5(2)19)14(23)12(8)21/h6,9,16,20-23H,3,17H2,1-2H3,(H,18,19). The molecule has 1 rings (SSSR count). The number of rotatable bonds is 5. The molecule has 1 amide bonds. The third-order valence-electron chi connectivity index (χ3n) is 3.32. The number of nitrogens with zero attached hydrogens (tertiary/aromatic N) is 1. The number of carbonyl (C=O) groups is 1. The van der Waals surface area contributed by atoms with E-state index in [0.29, 0.717) is 0 Å². The van der Waals surface area contributed by atoms with Gasteiger partial charge >= 0.3 is 0 Å². The highest BCUT2D eigenvalue weighted by Gasteiger charge is 2.32. The Labute approximate surface area is 132 Å². The zero-order chi connectivity index (χ0) is 17.9.